The van der Waals surface area contributed by atoms with Gasteiger partial charge in [-0.3, -0.25) is 24.2 Å². The first-order valence-corrected chi connectivity index (χ1v) is 8.11. The quantitative estimate of drug-likeness (QED) is 0.533. The van der Waals surface area contributed by atoms with E-state index in [-0.39, 0.29) is 5.91 Å². The van der Waals surface area contributed by atoms with Gasteiger partial charge in [0, 0.05) is 38.3 Å². The number of imide groups is 1. The van der Waals surface area contributed by atoms with Gasteiger partial charge in [0.15, 0.2) is 0 Å². The fourth-order valence-electron chi connectivity index (χ4n) is 2.95. The summed E-state index contributed by atoms with van der Waals surface area (Å²) in [5, 5.41) is 0. The van der Waals surface area contributed by atoms with Gasteiger partial charge >= 0.3 is 0 Å². The lowest BCUT2D eigenvalue weighted by Crippen LogP contribution is -2.55. The van der Waals surface area contributed by atoms with E-state index in [4.69, 9.17) is 0 Å². The summed E-state index contributed by atoms with van der Waals surface area (Å²) in [6, 6.07) is -0.721. The highest BCUT2D eigenvalue weighted by Crippen LogP contribution is 2.13. The van der Waals surface area contributed by atoms with E-state index in [9.17, 15) is 14.4 Å². The van der Waals surface area contributed by atoms with E-state index in [1.807, 2.05) is 0 Å². The summed E-state index contributed by atoms with van der Waals surface area (Å²) < 4.78 is 0. The molecule has 122 valence electrons. The highest BCUT2D eigenvalue weighted by molar-refractivity contribution is 6.15. The van der Waals surface area contributed by atoms with Crippen LogP contribution < -0.4 is 0 Å². The third kappa shape index (κ3) is 3.74. The first kappa shape index (κ1) is 16.7. The summed E-state index contributed by atoms with van der Waals surface area (Å²) in [5.74, 6) is -0.938. The second-order valence-electron chi connectivity index (χ2n) is 5.93. The van der Waals surface area contributed by atoms with Gasteiger partial charge in [-0.15, -0.1) is 0 Å². The third-order valence-corrected chi connectivity index (χ3v) is 4.35. The second kappa shape index (κ2) is 7.54. The van der Waals surface area contributed by atoms with Crippen molar-refractivity contribution in [2.45, 2.75) is 39.2 Å². The number of hydrogen-bond donors (Lipinski definition) is 0. The smallest absolute Gasteiger partial charge is 0.254 e. The summed E-state index contributed by atoms with van der Waals surface area (Å²) in [5.41, 5.74) is 0. The van der Waals surface area contributed by atoms with Crippen LogP contribution in [0.4, 0.5) is 0 Å². The van der Waals surface area contributed by atoms with E-state index in [1.165, 1.54) is 31.4 Å². The lowest BCUT2D eigenvalue weighted by molar-refractivity contribution is -0.149. The van der Waals surface area contributed by atoms with Crippen LogP contribution in [-0.4, -0.2) is 71.2 Å². The standard InChI is InChI=1S/C16H25N3O3/c1-3-4-5-8-17-9-11-18(12-10-17)16(22)13(2)19-14(20)6-7-15(19)21/h6-7,13H,3-5,8-12H2,1-2H3. The van der Waals surface area contributed by atoms with Crippen LogP contribution in [0.1, 0.15) is 33.1 Å². The van der Waals surface area contributed by atoms with Crippen LogP contribution in [0, 0.1) is 0 Å². The maximum Gasteiger partial charge on any atom is 0.254 e. The summed E-state index contributed by atoms with van der Waals surface area (Å²) >= 11 is 0. The van der Waals surface area contributed by atoms with Crippen molar-refractivity contribution in [1.29, 1.82) is 0 Å². The summed E-state index contributed by atoms with van der Waals surface area (Å²) in [6.07, 6.45) is 6.09. The highest BCUT2D eigenvalue weighted by atomic mass is 16.2. The minimum Gasteiger partial charge on any atom is -0.338 e. The maximum absolute atomic E-state index is 12.5. The molecule has 1 fully saturated rings. The van der Waals surface area contributed by atoms with Gasteiger partial charge in [-0.2, -0.15) is 0 Å². The van der Waals surface area contributed by atoms with E-state index in [1.54, 1.807) is 11.8 Å². The molecule has 0 radical (unpaired) electrons. The molecule has 0 aromatic rings. The van der Waals surface area contributed by atoms with Crippen LogP contribution in [0.2, 0.25) is 0 Å². The number of amides is 3. The van der Waals surface area contributed by atoms with E-state index in [2.05, 4.69) is 11.8 Å². The fraction of sp³-hybridized carbons (Fsp3) is 0.688. The molecule has 3 amide bonds. The molecule has 2 aliphatic heterocycles. The topological polar surface area (TPSA) is 60.9 Å². The molecular weight excluding hydrogens is 282 g/mol. The molecular formula is C16H25N3O3. The molecule has 6 heteroatoms. The minimum absolute atomic E-state index is 0.140. The van der Waals surface area contributed by atoms with Crippen LogP contribution in [0.5, 0.6) is 0 Å². The van der Waals surface area contributed by atoms with Crippen molar-refractivity contribution in [2.75, 3.05) is 32.7 Å². The molecule has 0 bridgehead atoms. The Labute approximate surface area is 131 Å². The van der Waals surface area contributed by atoms with Gasteiger partial charge in [0.1, 0.15) is 6.04 Å². The van der Waals surface area contributed by atoms with E-state index in [0.717, 1.165) is 24.5 Å². The van der Waals surface area contributed by atoms with Gasteiger partial charge < -0.3 is 4.90 Å². The first-order valence-electron chi connectivity index (χ1n) is 8.11. The average Bonchev–Trinajstić information content (AvgIpc) is 2.86. The van der Waals surface area contributed by atoms with Crippen molar-refractivity contribution in [3.05, 3.63) is 12.2 Å². The molecule has 0 aromatic heterocycles. The molecule has 1 atom stereocenters. The molecule has 1 unspecified atom stereocenters. The molecule has 2 heterocycles. The SMILES string of the molecule is CCCCCN1CCN(C(=O)C(C)N2C(=O)C=CC2=O)CC1. The Hall–Kier alpha value is -1.69. The van der Waals surface area contributed by atoms with Crippen molar-refractivity contribution in [3.8, 4) is 0 Å². The van der Waals surface area contributed by atoms with Gasteiger partial charge in [0.2, 0.25) is 5.91 Å². The van der Waals surface area contributed by atoms with Gasteiger partial charge in [-0.1, -0.05) is 19.8 Å². The number of nitrogens with zero attached hydrogens (tertiary/aromatic N) is 3. The Morgan fingerprint density at radius 2 is 1.68 bits per heavy atom. The summed E-state index contributed by atoms with van der Waals surface area (Å²) in [7, 11) is 0. The molecule has 2 aliphatic rings. The molecule has 22 heavy (non-hydrogen) atoms. The molecule has 2 rings (SSSR count). The Morgan fingerprint density at radius 3 is 2.23 bits per heavy atom. The number of carbonyl (C=O) groups excluding carboxylic acids is 3. The van der Waals surface area contributed by atoms with Crippen LogP contribution in [-0.2, 0) is 14.4 Å². The van der Waals surface area contributed by atoms with E-state index < -0.39 is 17.9 Å². The zero-order valence-electron chi connectivity index (χ0n) is 13.5. The predicted octanol–water partition coefficient (Wildman–Crippen LogP) is 0.634. The van der Waals surface area contributed by atoms with Gasteiger partial charge in [-0.05, 0) is 19.9 Å². The van der Waals surface area contributed by atoms with Crippen molar-refractivity contribution >= 4 is 17.7 Å². The molecule has 0 aliphatic carbocycles. The molecule has 1 saturated heterocycles. The zero-order valence-corrected chi connectivity index (χ0v) is 13.5. The molecule has 0 spiro atoms. The highest BCUT2D eigenvalue weighted by Gasteiger charge is 2.35. The molecule has 0 aromatic carbocycles. The largest absolute Gasteiger partial charge is 0.338 e. The monoisotopic (exact) mass is 307 g/mol. The van der Waals surface area contributed by atoms with Crippen LogP contribution in [0.3, 0.4) is 0 Å². The number of hydrogen-bond acceptors (Lipinski definition) is 4. The fourth-order valence-corrected chi connectivity index (χ4v) is 2.95. The second-order valence-corrected chi connectivity index (χ2v) is 5.93. The van der Waals surface area contributed by atoms with Crippen molar-refractivity contribution in [2.24, 2.45) is 0 Å². The van der Waals surface area contributed by atoms with Gasteiger partial charge in [0.05, 0.1) is 0 Å². The summed E-state index contributed by atoms with van der Waals surface area (Å²) in [6.45, 7) is 7.95. The maximum atomic E-state index is 12.5. The normalized spacial score (nSPS) is 20.8. The molecule has 0 saturated carbocycles. The average molecular weight is 307 g/mol. The third-order valence-electron chi connectivity index (χ3n) is 4.35. The lowest BCUT2D eigenvalue weighted by Gasteiger charge is -2.37. The van der Waals surface area contributed by atoms with Crippen LogP contribution in [0.25, 0.3) is 0 Å². The minimum atomic E-state index is -0.721. The van der Waals surface area contributed by atoms with Crippen molar-refractivity contribution in [1.82, 2.24) is 14.7 Å². The van der Waals surface area contributed by atoms with Crippen LogP contribution >= 0.6 is 0 Å². The van der Waals surface area contributed by atoms with Crippen LogP contribution in [0.15, 0.2) is 12.2 Å². The number of rotatable bonds is 6. The van der Waals surface area contributed by atoms with Crippen molar-refractivity contribution < 1.29 is 14.4 Å². The Kier molecular flexibility index (Phi) is 5.71. The first-order chi connectivity index (χ1) is 10.5. The Bertz CT molecular complexity index is 449. The zero-order chi connectivity index (χ0) is 16.1. The number of unbranched alkanes of at least 4 members (excludes halogenated alkanes) is 2. The number of carbonyl (C=O) groups is 3. The molecule has 6 nitrogen and oxygen atoms in total. The lowest BCUT2D eigenvalue weighted by atomic mass is 10.2. The predicted molar refractivity (Wildman–Crippen MR) is 83.0 cm³/mol. The number of piperazine rings is 1. The Balaban J connectivity index is 1.82. The van der Waals surface area contributed by atoms with Gasteiger partial charge in [-0.25, -0.2) is 0 Å². The van der Waals surface area contributed by atoms with E-state index >= 15 is 0 Å². The van der Waals surface area contributed by atoms with E-state index in [0.29, 0.717) is 13.1 Å². The molecule has 0 N–H and O–H groups in total. The van der Waals surface area contributed by atoms with Gasteiger partial charge in [0.25, 0.3) is 11.8 Å². The summed E-state index contributed by atoms with van der Waals surface area (Å²) in [4.78, 5) is 41.0. The van der Waals surface area contributed by atoms with Crippen molar-refractivity contribution in [3.63, 3.8) is 0 Å². The Morgan fingerprint density at radius 1 is 1.09 bits per heavy atom.